The van der Waals surface area contributed by atoms with Gasteiger partial charge in [-0.15, -0.1) is 0 Å². The smallest absolute Gasteiger partial charge is 0.348 e. The number of fused-ring (bicyclic) bond motifs is 1. The normalized spacial score (nSPS) is 12.3. The SMILES string of the molecule is CCS(=O)(=O)c1ccc(CNC(=O)c2cc3cc(Cc4ccccc4C(F)(F)F)n(C(C)C)c3cc2F)cc1. The Hall–Kier alpha value is -3.66. The summed E-state index contributed by atoms with van der Waals surface area (Å²) in [6.07, 6.45) is -4.53. The van der Waals surface area contributed by atoms with Crippen molar-refractivity contribution in [1.29, 1.82) is 0 Å². The van der Waals surface area contributed by atoms with Gasteiger partial charge in [-0.1, -0.05) is 37.3 Å². The molecule has 4 aromatic rings. The molecule has 0 atom stereocenters. The Labute approximate surface area is 224 Å². The van der Waals surface area contributed by atoms with Gasteiger partial charge in [-0.3, -0.25) is 4.79 Å². The van der Waals surface area contributed by atoms with Gasteiger partial charge in [0, 0.05) is 30.1 Å². The highest BCUT2D eigenvalue weighted by atomic mass is 32.2. The lowest BCUT2D eigenvalue weighted by molar-refractivity contribution is -0.138. The molecule has 0 saturated carbocycles. The first-order chi connectivity index (χ1) is 18.3. The molecule has 0 aliphatic carbocycles. The Morgan fingerprint density at radius 2 is 1.67 bits per heavy atom. The van der Waals surface area contributed by atoms with Crippen molar-refractivity contribution in [2.45, 2.75) is 50.9 Å². The van der Waals surface area contributed by atoms with E-state index in [9.17, 15) is 26.4 Å². The standard InChI is InChI=1S/C29H28F4N2O3S/c1-4-39(37,38)23-11-9-19(10-12-23)17-34-28(36)24-15-21-14-22(35(18(2)3)27(21)16-26(24)30)13-20-7-5-6-8-25(20)29(31,32)33/h5-12,14-16,18H,4,13,17H2,1-3H3,(H,34,36). The molecule has 206 valence electrons. The molecule has 1 aromatic heterocycles. The van der Waals surface area contributed by atoms with Gasteiger partial charge in [-0.25, -0.2) is 12.8 Å². The van der Waals surface area contributed by atoms with Gasteiger partial charge in [-0.05, 0) is 61.4 Å². The highest BCUT2D eigenvalue weighted by Gasteiger charge is 2.33. The van der Waals surface area contributed by atoms with Crippen LogP contribution in [0.1, 0.15) is 59.6 Å². The van der Waals surface area contributed by atoms with Gasteiger partial charge in [0.2, 0.25) is 0 Å². The van der Waals surface area contributed by atoms with Crippen LogP contribution in [0.4, 0.5) is 17.6 Å². The van der Waals surface area contributed by atoms with Crippen LogP contribution in [0.2, 0.25) is 0 Å². The van der Waals surface area contributed by atoms with E-state index >= 15 is 4.39 Å². The maximum Gasteiger partial charge on any atom is 0.416 e. The fourth-order valence-electron chi connectivity index (χ4n) is 4.63. The minimum absolute atomic E-state index is 0.0184. The van der Waals surface area contributed by atoms with E-state index < -0.39 is 33.3 Å². The first-order valence-corrected chi connectivity index (χ1v) is 14.1. The summed E-state index contributed by atoms with van der Waals surface area (Å²) in [7, 11) is -3.35. The summed E-state index contributed by atoms with van der Waals surface area (Å²) in [5.74, 6) is -1.45. The van der Waals surface area contributed by atoms with E-state index in [0.717, 1.165) is 6.07 Å². The second-order valence-electron chi connectivity index (χ2n) is 9.55. The van der Waals surface area contributed by atoms with Crippen LogP contribution in [0.3, 0.4) is 0 Å². The third-order valence-electron chi connectivity index (χ3n) is 6.58. The average Bonchev–Trinajstić information content (AvgIpc) is 3.23. The van der Waals surface area contributed by atoms with E-state index in [0.29, 0.717) is 22.2 Å². The molecule has 1 heterocycles. The Kier molecular flexibility index (Phi) is 7.88. The fraction of sp³-hybridized carbons (Fsp3) is 0.276. The molecule has 10 heteroatoms. The van der Waals surface area contributed by atoms with Crippen LogP contribution in [0.25, 0.3) is 10.9 Å². The Bertz CT molecular complexity index is 1620. The highest BCUT2D eigenvalue weighted by Crippen LogP contribution is 2.34. The number of carbonyl (C=O) groups excluding carboxylic acids is 1. The average molecular weight is 561 g/mol. The molecule has 0 radical (unpaired) electrons. The quantitative estimate of drug-likeness (QED) is 0.244. The second-order valence-corrected chi connectivity index (χ2v) is 11.8. The molecule has 4 rings (SSSR count). The predicted octanol–water partition coefficient (Wildman–Crippen LogP) is 6.69. The zero-order valence-electron chi connectivity index (χ0n) is 21.6. The van der Waals surface area contributed by atoms with Gasteiger partial charge in [0.25, 0.3) is 5.91 Å². The number of hydrogen-bond donors (Lipinski definition) is 1. The predicted molar refractivity (Wildman–Crippen MR) is 142 cm³/mol. The minimum atomic E-state index is -4.51. The van der Waals surface area contributed by atoms with E-state index in [1.54, 1.807) is 35.8 Å². The second kappa shape index (κ2) is 10.8. The topological polar surface area (TPSA) is 68.2 Å². The van der Waals surface area contributed by atoms with E-state index in [4.69, 9.17) is 0 Å². The maximum absolute atomic E-state index is 15.1. The molecular weight excluding hydrogens is 532 g/mol. The van der Waals surface area contributed by atoms with E-state index in [1.165, 1.54) is 36.4 Å². The van der Waals surface area contributed by atoms with Crippen molar-refractivity contribution in [2.24, 2.45) is 0 Å². The molecule has 0 fully saturated rings. The van der Waals surface area contributed by atoms with E-state index in [1.807, 2.05) is 13.8 Å². The van der Waals surface area contributed by atoms with Crippen LogP contribution >= 0.6 is 0 Å². The lowest BCUT2D eigenvalue weighted by atomic mass is 10.0. The summed E-state index contributed by atoms with van der Waals surface area (Å²) in [6.45, 7) is 5.31. The third-order valence-corrected chi connectivity index (χ3v) is 8.33. The molecule has 0 aliphatic heterocycles. The molecule has 0 aliphatic rings. The molecule has 5 nitrogen and oxygen atoms in total. The summed E-state index contributed by atoms with van der Waals surface area (Å²) in [5.41, 5.74) is 0.859. The van der Waals surface area contributed by atoms with Crippen LogP contribution in [0, 0.1) is 5.82 Å². The summed E-state index contributed by atoms with van der Waals surface area (Å²) in [4.78, 5) is 13.0. The number of aromatic nitrogens is 1. The summed E-state index contributed by atoms with van der Waals surface area (Å²) >= 11 is 0. The van der Waals surface area contributed by atoms with Crippen molar-refractivity contribution in [1.82, 2.24) is 9.88 Å². The summed E-state index contributed by atoms with van der Waals surface area (Å²) < 4.78 is 81.6. The van der Waals surface area contributed by atoms with Crippen LogP contribution in [-0.2, 0) is 29.0 Å². The molecule has 3 aromatic carbocycles. The number of rotatable bonds is 8. The maximum atomic E-state index is 15.1. The number of amides is 1. The number of halogens is 4. The Morgan fingerprint density at radius 1 is 1.00 bits per heavy atom. The Morgan fingerprint density at radius 3 is 2.28 bits per heavy atom. The van der Waals surface area contributed by atoms with Crippen molar-refractivity contribution < 1.29 is 30.8 Å². The van der Waals surface area contributed by atoms with Gasteiger partial charge in [0.1, 0.15) is 5.82 Å². The van der Waals surface area contributed by atoms with Crippen molar-refractivity contribution in [3.63, 3.8) is 0 Å². The molecule has 1 amide bonds. The molecular formula is C29H28F4N2O3S. The number of alkyl halides is 3. The highest BCUT2D eigenvalue weighted by molar-refractivity contribution is 7.91. The molecule has 0 bridgehead atoms. The number of nitrogens with zero attached hydrogens (tertiary/aromatic N) is 1. The van der Waals surface area contributed by atoms with Gasteiger partial charge >= 0.3 is 6.18 Å². The lowest BCUT2D eigenvalue weighted by Gasteiger charge is -2.17. The van der Waals surface area contributed by atoms with Crippen molar-refractivity contribution in [3.05, 3.63) is 100 Å². The summed E-state index contributed by atoms with van der Waals surface area (Å²) in [5, 5.41) is 3.17. The molecule has 1 N–H and O–H groups in total. The number of benzene rings is 3. The summed E-state index contributed by atoms with van der Waals surface area (Å²) in [6, 6.07) is 15.6. The first kappa shape index (κ1) is 28.4. The Balaban J connectivity index is 1.62. The van der Waals surface area contributed by atoms with Crippen LogP contribution in [-0.4, -0.2) is 24.6 Å². The van der Waals surface area contributed by atoms with Crippen LogP contribution < -0.4 is 5.32 Å². The van der Waals surface area contributed by atoms with Crippen LogP contribution in [0.15, 0.2) is 71.6 Å². The largest absolute Gasteiger partial charge is 0.416 e. The van der Waals surface area contributed by atoms with Crippen molar-refractivity contribution in [2.75, 3.05) is 5.75 Å². The van der Waals surface area contributed by atoms with Gasteiger partial charge in [-0.2, -0.15) is 13.2 Å². The van der Waals surface area contributed by atoms with Crippen molar-refractivity contribution in [3.8, 4) is 0 Å². The van der Waals surface area contributed by atoms with Gasteiger partial charge in [0.15, 0.2) is 9.84 Å². The zero-order valence-corrected chi connectivity index (χ0v) is 22.5. The molecule has 39 heavy (non-hydrogen) atoms. The first-order valence-electron chi connectivity index (χ1n) is 12.4. The molecule has 0 unspecified atom stereocenters. The molecule has 0 saturated heterocycles. The van der Waals surface area contributed by atoms with E-state index in [-0.39, 0.29) is 40.8 Å². The van der Waals surface area contributed by atoms with Crippen LogP contribution in [0.5, 0.6) is 0 Å². The number of hydrogen-bond acceptors (Lipinski definition) is 3. The number of sulfone groups is 1. The monoisotopic (exact) mass is 560 g/mol. The fourth-order valence-corrected chi connectivity index (χ4v) is 5.52. The third kappa shape index (κ3) is 6.00. The van der Waals surface area contributed by atoms with Crippen molar-refractivity contribution >= 4 is 26.6 Å². The van der Waals surface area contributed by atoms with Gasteiger partial charge < -0.3 is 9.88 Å². The lowest BCUT2D eigenvalue weighted by Crippen LogP contribution is -2.24. The molecule has 0 spiro atoms. The van der Waals surface area contributed by atoms with E-state index in [2.05, 4.69) is 5.32 Å². The van der Waals surface area contributed by atoms with Gasteiger partial charge in [0.05, 0.1) is 27.3 Å². The zero-order chi connectivity index (χ0) is 28.5. The minimum Gasteiger partial charge on any atom is -0.348 e. The number of nitrogens with one attached hydrogen (secondary N) is 1. The number of carbonyl (C=O) groups is 1.